The minimum atomic E-state index is -0.464. The Bertz CT molecular complexity index is 708. The summed E-state index contributed by atoms with van der Waals surface area (Å²) in [6.45, 7) is 1.91. The lowest BCUT2D eigenvalue weighted by atomic mass is 10.1. The third-order valence-electron chi connectivity index (χ3n) is 3.07. The van der Waals surface area contributed by atoms with E-state index in [9.17, 15) is 10.1 Å². The molecule has 0 saturated heterocycles. The predicted octanol–water partition coefficient (Wildman–Crippen LogP) is 4.29. The van der Waals surface area contributed by atoms with Crippen LogP contribution in [0.3, 0.4) is 0 Å². The van der Waals surface area contributed by atoms with Crippen molar-refractivity contribution in [3.8, 4) is 6.07 Å². The van der Waals surface area contributed by atoms with Gasteiger partial charge in [-0.2, -0.15) is 5.26 Å². The number of nitro groups is 1. The van der Waals surface area contributed by atoms with E-state index in [1.165, 1.54) is 18.2 Å². The molecule has 0 aliphatic carbocycles. The van der Waals surface area contributed by atoms with Crippen LogP contribution < -0.4 is 5.32 Å². The number of nitrogens with zero attached hydrogens (tertiary/aromatic N) is 2. The summed E-state index contributed by atoms with van der Waals surface area (Å²) in [6, 6.07) is 13.3. The van der Waals surface area contributed by atoms with E-state index in [0.717, 1.165) is 5.56 Å². The van der Waals surface area contributed by atoms with Crippen molar-refractivity contribution in [3.05, 3.63) is 68.7 Å². The van der Waals surface area contributed by atoms with Crippen molar-refractivity contribution in [2.75, 3.05) is 5.32 Å². The Kier molecular flexibility index (Phi) is 4.41. The Morgan fingerprint density at radius 1 is 1.29 bits per heavy atom. The van der Waals surface area contributed by atoms with E-state index in [0.29, 0.717) is 16.3 Å². The van der Waals surface area contributed by atoms with Gasteiger partial charge >= 0.3 is 0 Å². The molecule has 2 aromatic carbocycles. The van der Waals surface area contributed by atoms with Crippen molar-refractivity contribution < 1.29 is 4.92 Å². The molecule has 6 heteroatoms. The van der Waals surface area contributed by atoms with Crippen molar-refractivity contribution in [1.29, 1.82) is 5.26 Å². The summed E-state index contributed by atoms with van der Waals surface area (Å²) < 4.78 is 0. The normalized spacial score (nSPS) is 11.5. The summed E-state index contributed by atoms with van der Waals surface area (Å²) in [5, 5.41) is 23.1. The number of nitriles is 1. The van der Waals surface area contributed by atoms with Crippen LogP contribution >= 0.6 is 11.6 Å². The standard InChI is InChI=1S/C15H12ClN3O2/c1-10(12-4-2-11(9-17)3-5-12)18-15-8-13(19(20)21)6-7-14(15)16/h2-8,10,18H,1H3. The molecular formula is C15H12ClN3O2. The number of hydrogen-bond donors (Lipinski definition) is 1. The van der Waals surface area contributed by atoms with Crippen LogP contribution in [0.2, 0.25) is 5.02 Å². The number of rotatable bonds is 4. The molecule has 1 unspecified atom stereocenters. The van der Waals surface area contributed by atoms with Gasteiger partial charge in [0.15, 0.2) is 0 Å². The van der Waals surface area contributed by atoms with Crippen LogP contribution in [0.15, 0.2) is 42.5 Å². The molecule has 0 aliphatic heterocycles. The van der Waals surface area contributed by atoms with Crippen molar-refractivity contribution in [2.24, 2.45) is 0 Å². The van der Waals surface area contributed by atoms with E-state index in [4.69, 9.17) is 16.9 Å². The monoisotopic (exact) mass is 301 g/mol. The molecule has 2 rings (SSSR count). The molecule has 2 aromatic rings. The van der Waals surface area contributed by atoms with Crippen LogP contribution in [0, 0.1) is 21.4 Å². The fourth-order valence-electron chi connectivity index (χ4n) is 1.90. The summed E-state index contributed by atoms with van der Waals surface area (Å²) in [5.74, 6) is 0. The lowest BCUT2D eigenvalue weighted by molar-refractivity contribution is -0.384. The van der Waals surface area contributed by atoms with Gasteiger partial charge in [-0.3, -0.25) is 10.1 Å². The minimum absolute atomic E-state index is 0.0195. The Balaban J connectivity index is 2.22. The van der Waals surface area contributed by atoms with Crippen LogP contribution in [0.25, 0.3) is 0 Å². The first-order valence-electron chi connectivity index (χ1n) is 6.22. The van der Waals surface area contributed by atoms with Gasteiger partial charge in [-0.05, 0) is 30.7 Å². The lowest BCUT2D eigenvalue weighted by Crippen LogP contribution is -2.07. The van der Waals surface area contributed by atoms with Crippen LogP contribution in [-0.4, -0.2) is 4.92 Å². The smallest absolute Gasteiger partial charge is 0.271 e. The second kappa shape index (κ2) is 6.25. The maximum absolute atomic E-state index is 10.8. The maximum Gasteiger partial charge on any atom is 0.271 e. The van der Waals surface area contributed by atoms with E-state index >= 15 is 0 Å². The Morgan fingerprint density at radius 2 is 1.95 bits per heavy atom. The summed E-state index contributed by atoms with van der Waals surface area (Å²) in [7, 11) is 0. The molecule has 1 N–H and O–H groups in total. The number of non-ortho nitro benzene ring substituents is 1. The lowest BCUT2D eigenvalue weighted by Gasteiger charge is -2.16. The van der Waals surface area contributed by atoms with Crippen molar-refractivity contribution in [3.63, 3.8) is 0 Å². The van der Waals surface area contributed by atoms with Gasteiger partial charge in [0.05, 0.1) is 27.3 Å². The third-order valence-corrected chi connectivity index (χ3v) is 3.40. The molecule has 1 atom stereocenters. The SMILES string of the molecule is CC(Nc1cc([N+](=O)[O-])ccc1Cl)c1ccc(C#N)cc1. The zero-order valence-electron chi connectivity index (χ0n) is 11.2. The van der Waals surface area contributed by atoms with Gasteiger partial charge in [0.25, 0.3) is 5.69 Å². The second-order valence-electron chi connectivity index (χ2n) is 4.52. The maximum atomic E-state index is 10.8. The quantitative estimate of drug-likeness (QED) is 0.674. The molecule has 0 bridgehead atoms. The number of hydrogen-bond acceptors (Lipinski definition) is 4. The molecule has 21 heavy (non-hydrogen) atoms. The highest BCUT2D eigenvalue weighted by Gasteiger charge is 2.12. The minimum Gasteiger partial charge on any atom is -0.377 e. The first kappa shape index (κ1) is 14.8. The summed E-state index contributed by atoms with van der Waals surface area (Å²) in [6.07, 6.45) is 0. The van der Waals surface area contributed by atoms with Crippen molar-refractivity contribution in [2.45, 2.75) is 13.0 Å². The number of benzene rings is 2. The number of anilines is 1. The largest absolute Gasteiger partial charge is 0.377 e. The van der Waals surface area contributed by atoms with E-state index in [2.05, 4.69) is 11.4 Å². The van der Waals surface area contributed by atoms with Crippen LogP contribution in [0.4, 0.5) is 11.4 Å². The first-order chi connectivity index (χ1) is 10.0. The average Bonchev–Trinajstić information content (AvgIpc) is 2.49. The molecule has 0 amide bonds. The van der Waals surface area contributed by atoms with Gasteiger partial charge in [-0.25, -0.2) is 0 Å². The van der Waals surface area contributed by atoms with Crippen LogP contribution in [0.1, 0.15) is 24.1 Å². The number of nitrogens with one attached hydrogen (secondary N) is 1. The van der Waals surface area contributed by atoms with Gasteiger partial charge in [-0.1, -0.05) is 23.7 Å². The van der Waals surface area contributed by atoms with Gasteiger partial charge in [0.2, 0.25) is 0 Å². The molecule has 5 nitrogen and oxygen atoms in total. The molecule has 0 radical (unpaired) electrons. The topological polar surface area (TPSA) is 79.0 Å². The summed E-state index contributed by atoms with van der Waals surface area (Å²) in [5.41, 5.74) is 2.02. The van der Waals surface area contributed by atoms with E-state index < -0.39 is 4.92 Å². The average molecular weight is 302 g/mol. The van der Waals surface area contributed by atoms with Crippen molar-refractivity contribution in [1.82, 2.24) is 0 Å². The molecule has 0 aromatic heterocycles. The van der Waals surface area contributed by atoms with Crippen molar-refractivity contribution >= 4 is 23.0 Å². The van der Waals surface area contributed by atoms with Gasteiger partial charge in [-0.15, -0.1) is 0 Å². The van der Waals surface area contributed by atoms with Gasteiger partial charge in [0.1, 0.15) is 0 Å². The first-order valence-corrected chi connectivity index (χ1v) is 6.59. The van der Waals surface area contributed by atoms with Crippen LogP contribution in [-0.2, 0) is 0 Å². The highest BCUT2D eigenvalue weighted by molar-refractivity contribution is 6.33. The third kappa shape index (κ3) is 3.50. The summed E-state index contributed by atoms with van der Waals surface area (Å²) >= 11 is 6.05. The van der Waals surface area contributed by atoms with Crippen LogP contribution in [0.5, 0.6) is 0 Å². The van der Waals surface area contributed by atoms with E-state index in [1.54, 1.807) is 12.1 Å². The molecular weight excluding hydrogens is 290 g/mol. The highest BCUT2D eigenvalue weighted by atomic mass is 35.5. The second-order valence-corrected chi connectivity index (χ2v) is 4.93. The molecule has 0 aliphatic rings. The molecule has 0 heterocycles. The zero-order chi connectivity index (χ0) is 15.4. The van der Waals surface area contributed by atoms with E-state index in [-0.39, 0.29) is 11.7 Å². The summed E-state index contributed by atoms with van der Waals surface area (Å²) in [4.78, 5) is 10.3. The number of nitro benzene ring substituents is 1. The fraction of sp³-hybridized carbons (Fsp3) is 0.133. The Labute approximate surface area is 126 Å². The van der Waals surface area contributed by atoms with E-state index in [1.807, 2.05) is 19.1 Å². The number of halogens is 1. The fourth-order valence-corrected chi connectivity index (χ4v) is 2.07. The predicted molar refractivity (Wildman–Crippen MR) is 81.3 cm³/mol. The molecule has 106 valence electrons. The highest BCUT2D eigenvalue weighted by Crippen LogP contribution is 2.29. The van der Waals surface area contributed by atoms with Gasteiger partial charge < -0.3 is 5.32 Å². The molecule has 0 fully saturated rings. The zero-order valence-corrected chi connectivity index (χ0v) is 12.0. The molecule has 0 saturated carbocycles. The van der Waals surface area contributed by atoms with Gasteiger partial charge in [0, 0.05) is 18.2 Å². The molecule has 0 spiro atoms. The Morgan fingerprint density at radius 3 is 2.52 bits per heavy atom. The Hall–Kier alpha value is -2.58.